The second-order valence-electron chi connectivity index (χ2n) is 8.45. The number of carbonyl (C=O) groups is 2. The standard InChI is InChI=1S/C29H25N3O3/c1-20-24-8-4-3-7-22(24)13-16-27(20)31(19-33)23-14-11-21(12-15-23)18-32-28-10-6-5-9-25(28)26(30-32)17-29(34)35-2/h3-16,19H,17-18H2,1-2H3. The summed E-state index contributed by atoms with van der Waals surface area (Å²) in [4.78, 5) is 25.6. The normalized spacial score (nSPS) is 11.0. The molecule has 4 aromatic carbocycles. The topological polar surface area (TPSA) is 64.4 Å². The van der Waals surface area contributed by atoms with Gasteiger partial charge in [-0.2, -0.15) is 5.10 Å². The molecule has 1 heterocycles. The first-order valence-corrected chi connectivity index (χ1v) is 11.4. The molecule has 0 aliphatic heterocycles. The van der Waals surface area contributed by atoms with E-state index in [1.54, 1.807) is 4.90 Å². The second kappa shape index (κ2) is 9.43. The molecule has 0 aliphatic carbocycles. The van der Waals surface area contributed by atoms with Gasteiger partial charge in [0.2, 0.25) is 6.41 Å². The number of hydrogen-bond donors (Lipinski definition) is 0. The first-order chi connectivity index (χ1) is 17.1. The molecule has 0 unspecified atom stereocenters. The summed E-state index contributed by atoms with van der Waals surface area (Å²) in [5.74, 6) is -0.317. The lowest BCUT2D eigenvalue weighted by atomic mass is 10.0. The number of carbonyl (C=O) groups excluding carboxylic acids is 2. The van der Waals surface area contributed by atoms with Crippen LogP contribution in [-0.4, -0.2) is 29.3 Å². The Morgan fingerprint density at radius 2 is 1.66 bits per heavy atom. The third-order valence-electron chi connectivity index (χ3n) is 6.36. The third-order valence-corrected chi connectivity index (χ3v) is 6.36. The van der Waals surface area contributed by atoms with Crippen LogP contribution in [-0.2, 0) is 27.3 Å². The van der Waals surface area contributed by atoms with Crippen molar-refractivity contribution in [3.05, 3.63) is 102 Å². The Kier molecular flexibility index (Phi) is 6.02. The zero-order chi connectivity index (χ0) is 24.4. The van der Waals surface area contributed by atoms with E-state index in [4.69, 9.17) is 4.74 Å². The minimum atomic E-state index is -0.317. The molecule has 0 fully saturated rings. The minimum Gasteiger partial charge on any atom is -0.469 e. The SMILES string of the molecule is COC(=O)Cc1nn(Cc2ccc(N(C=O)c3ccc4ccccc4c3C)cc2)c2ccccc12. The number of para-hydroxylation sites is 1. The van der Waals surface area contributed by atoms with Gasteiger partial charge in [0.1, 0.15) is 0 Å². The van der Waals surface area contributed by atoms with E-state index >= 15 is 0 Å². The molecule has 6 heteroatoms. The molecule has 0 saturated heterocycles. The van der Waals surface area contributed by atoms with E-state index in [0.29, 0.717) is 12.2 Å². The predicted octanol–water partition coefficient (Wildman–Crippen LogP) is 5.56. The Labute approximate surface area is 203 Å². The number of rotatable bonds is 7. The highest BCUT2D eigenvalue weighted by Crippen LogP contribution is 2.32. The van der Waals surface area contributed by atoms with Crippen LogP contribution < -0.4 is 4.90 Å². The second-order valence-corrected chi connectivity index (χ2v) is 8.45. The number of ether oxygens (including phenoxy) is 1. The number of aryl methyl sites for hydroxylation is 1. The van der Waals surface area contributed by atoms with Crippen LogP contribution >= 0.6 is 0 Å². The van der Waals surface area contributed by atoms with Gasteiger partial charge in [0, 0.05) is 11.1 Å². The maximum atomic E-state index is 12.1. The summed E-state index contributed by atoms with van der Waals surface area (Å²) in [5.41, 5.74) is 5.39. The number of aromatic nitrogens is 2. The van der Waals surface area contributed by atoms with Gasteiger partial charge in [0.15, 0.2) is 0 Å². The molecule has 0 saturated carbocycles. The van der Waals surface area contributed by atoms with Crippen molar-refractivity contribution in [1.82, 2.24) is 9.78 Å². The number of fused-ring (bicyclic) bond motifs is 2. The zero-order valence-corrected chi connectivity index (χ0v) is 19.6. The van der Waals surface area contributed by atoms with Gasteiger partial charge in [-0.3, -0.25) is 19.2 Å². The average molecular weight is 464 g/mol. The molecule has 5 aromatic rings. The number of amides is 1. The number of benzene rings is 4. The van der Waals surface area contributed by atoms with Gasteiger partial charge in [-0.15, -0.1) is 0 Å². The van der Waals surface area contributed by atoms with Gasteiger partial charge >= 0.3 is 5.97 Å². The lowest BCUT2D eigenvalue weighted by Crippen LogP contribution is -2.15. The van der Waals surface area contributed by atoms with Crippen LogP contribution in [0.5, 0.6) is 0 Å². The van der Waals surface area contributed by atoms with E-state index in [0.717, 1.165) is 50.6 Å². The monoisotopic (exact) mass is 463 g/mol. The van der Waals surface area contributed by atoms with E-state index < -0.39 is 0 Å². The van der Waals surface area contributed by atoms with Crippen molar-refractivity contribution in [2.24, 2.45) is 0 Å². The van der Waals surface area contributed by atoms with Crippen LogP contribution in [0.2, 0.25) is 0 Å². The molecule has 0 aliphatic rings. The first-order valence-electron chi connectivity index (χ1n) is 11.4. The molecule has 0 bridgehead atoms. The van der Waals surface area contributed by atoms with Crippen molar-refractivity contribution in [3.8, 4) is 0 Å². The molecule has 0 atom stereocenters. The Morgan fingerprint density at radius 1 is 0.943 bits per heavy atom. The van der Waals surface area contributed by atoms with Gasteiger partial charge in [0.05, 0.1) is 37.0 Å². The number of nitrogens with zero attached hydrogens (tertiary/aromatic N) is 3. The first kappa shape index (κ1) is 22.3. The van der Waals surface area contributed by atoms with Crippen molar-refractivity contribution in [2.45, 2.75) is 19.9 Å². The van der Waals surface area contributed by atoms with Gasteiger partial charge in [-0.05, 0) is 53.1 Å². The van der Waals surface area contributed by atoms with Crippen LogP contribution in [0.1, 0.15) is 16.8 Å². The fourth-order valence-electron chi connectivity index (χ4n) is 4.52. The molecule has 1 amide bonds. The van der Waals surface area contributed by atoms with E-state index in [1.807, 2.05) is 84.4 Å². The molecule has 35 heavy (non-hydrogen) atoms. The van der Waals surface area contributed by atoms with E-state index in [9.17, 15) is 9.59 Å². The van der Waals surface area contributed by atoms with Gasteiger partial charge in [-0.25, -0.2) is 0 Å². The fourth-order valence-corrected chi connectivity index (χ4v) is 4.52. The molecule has 0 radical (unpaired) electrons. The lowest BCUT2D eigenvalue weighted by Gasteiger charge is -2.21. The average Bonchev–Trinajstić information content (AvgIpc) is 3.23. The smallest absolute Gasteiger partial charge is 0.311 e. The Hall–Kier alpha value is -4.45. The van der Waals surface area contributed by atoms with Gasteiger partial charge in [-0.1, -0.05) is 60.7 Å². The summed E-state index contributed by atoms with van der Waals surface area (Å²) in [6, 6.07) is 27.9. The predicted molar refractivity (Wildman–Crippen MR) is 138 cm³/mol. The van der Waals surface area contributed by atoms with Crippen molar-refractivity contribution in [3.63, 3.8) is 0 Å². The maximum absolute atomic E-state index is 12.1. The molecular formula is C29H25N3O3. The van der Waals surface area contributed by atoms with Crippen LogP contribution in [0.25, 0.3) is 21.7 Å². The summed E-state index contributed by atoms with van der Waals surface area (Å²) in [5, 5.41) is 7.89. The summed E-state index contributed by atoms with van der Waals surface area (Å²) in [7, 11) is 1.38. The minimum absolute atomic E-state index is 0.127. The van der Waals surface area contributed by atoms with Crippen molar-refractivity contribution >= 4 is 45.4 Å². The number of methoxy groups -OCH3 is 1. The van der Waals surface area contributed by atoms with Gasteiger partial charge in [0.25, 0.3) is 0 Å². The number of anilines is 2. The Morgan fingerprint density at radius 3 is 2.40 bits per heavy atom. The van der Waals surface area contributed by atoms with Crippen LogP contribution in [0.15, 0.2) is 84.9 Å². The van der Waals surface area contributed by atoms with Crippen LogP contribution in [0, 0.1) is 6.92 Å². The Balaban J connectivity index is 1.43. The highest BCUT2D eigenvalue weighted by molar-refractivity contribution is 5.96. The lowest BCUT2D eigenvalue weighted by molar-refractivity contribution is -0.139. The Bertz CT molecular complexity index is 1540. The van der Waals surface area contributed by atoms with Crippen molar-refractivity contribution in [1.29, 1.82) is 0 Å². The van der Waals surface area contributed by atoms with Crippen LogP contribution in [0.3, 0.4) is 0 Å². The molecule has 6 nitrogen and oxygen atoms in total. The summed E-state index contributed by atoms with van der Waals surface area (Å²) < 4.78 is 6.72. The molecule has 0 N–H and O–H groups in total. The van der Waals surface area contributed by atoms with Crippen molar-refractivity contribution < 1.29 is 14.3 Å². The van der Waals surface area contributed by atoms with Gasteiger partial charge < -0.3 is 4.74 Å². The summed E-state index contributed by atoms with van der Waals surface area (Å²) >= 11 is 0. The largest absolute Gasteiger partial charge is 0.469 e. The summed E-state index contributed by atoms with van der Waals surface area (Å²) in [6.07, 6.45) is 0.981. The highest BCUT2D eigenvalue weighted by Gasteiger charge is 2.15. The zero-order valence-electron chi connectivity index (χ0n) is 19.6. The number of esters is 1. The van der Waals surface area contributed by atoms with Crippen molar-refractivity contribution in [2.75, 3.05) is 12.0 Å². The summed E-state index contributed by atoms with van der Waals surface area (Å²) in [6.45, 7) is 2.58. The van der Waals surface area contributed by atoms with E-state index in [1.165, 1.54) is 7.11 Å². The number of hydrogen-bond acceptors (Lipinski definition) is 4. The van der Waals surface area contributed by atoms with E-state index in [-0.39, 0.29) is 12.4 Å². The highest BCUT2D eigenvalue weighted by atomic mass is 16.5. The molecule has 1 aromatic heterocycles. The third kappa shape index (κ3) is 4.26. The molecule has 174 valence electrons. The quantitative estimate of drug-likeness (QED) is 0.234. The fraction of sp³-hybridized carbons (Fsp3) is 0.138. The maximum Gasteiger partial charge on any atom is 0.311 e. The van der Waals surface area contributed by atoms with E-state index in [2.05, 4.69) is 17.2 Å². The molecule has 0 spiro atoms. The van der Waals surface area contributed by atoms with Crippen LogP contribution in [0.4, 0.5) is 11.4 Å². The molecular weight excluding hydrogens is 438 g/mol. The molecule has 5 rings (SSSR count).